The van der Waals surface area contributed by atoms with E-state index in [9.17, 15) is 9.59 Å². The molecule has 0 saturated carbocycles. The van der Waals surface area contributed by atoms with Gasteiger partial charge in [0.05, 0.1) is 6.61 Å². The second kappa shape index (κ2) is 6.35. The van der Waals surface area contributed by atoms with Crippen LogP contribution in [0.1, 0.15) is 41.0 Å². The van der Waals surface area contributed by atoms with Crippen LogP contribution in [0.4, 0.5) is 4.79 Å². The van der Waals surface area contributed by atoms with Gasteiger partial charge in [0.25, 0.3) is 0 Å². The summed E-state index contributed by atoms with van der Waals surface area (Å²) >= 11 is 0. The first-order valence-electron chi connectivity index (χ1n) is 5.46. The van der Waals surface area contributed by atoms with Crippen LogP contribution >= 0.6 is 0 Å². The third-order valence-corrected chi connectivity index (χ3v) is 1.67. The number of hydrogen-bond acceptors (Lipinski definition) is 4. The quantitative estimate of drug-likeness (QED) is 0.750. The van der Waals surface area contributed by atoms with Crippen molar-refractivity contribution in [2.45, 2.75) is 52.7 Å². The van der Waals surface area contributed by atoms with E-state index in [4.69, 9.17) is 9.47 Å². The predicted octanol–water partition coefficient (Wildman–Crippen LogP) is 1.85. The van der Waals surface area contributed by atoms with Crippen LogP contribution < -0.4 is 5.32 Å². The smallest absolute Gasteiger partial charge is 0.408 e. The zero-order chi connectivity index (χ0) is 12.8. The maximum absolute atomic E-state index is 11.4. The van der Waals surface area contributed by atoms with E-state index in [-0.39, 0.29) is 0 Å². The van der Waals surface area contributed by atoms with Gasteiger partial charge in [0, 0.05) is 0 Å². The number of amides is 1. The Kier molecular flexibility index (Phi) is 5.85. The minimum absolute atomic E-state index is 0.297. The number of alkyl carbamates (subject to hydrolysis) is 1. The van der Waals surface area contributed by atoms with Gasteiger partial charge >= 0.3 is 12.1 Å². The summed E-state index contributed by atoms with van der Waals surface area (Å²) in [6, 6.07) is -0.644. The SMILES string of the molecule is CCOC(=O)[C@H](CC)NC(=O)OC(C)(C)C. The first-order valence-corrected chi connectivity index (χ1v) is 5.46. The molecule has 0 aromatic carbocycles. The fourth-order valence-electron chi connectivity index (χ4n) is 1.02. The van der Waals surface area contributed by atoms with Gasteiger partial charge in [0.2, 0.25) is 0 Å². The van der Waals surface area contributed by atoms with Crippen LogP contribution in [-0.4, -0.2) is 30.3 Å². The Bertz CT molecular complexity index is 245. The van der Waals surface area contributed by atoms with Crippen LogP contribution in [0.3, 0.4) is 0 Å². The molecule has 0 bridgehead atoms. The van der Waals surface area contributed by atoms with Crippen LogP contribution in [0.2, 0.25) is 0 Å². The summed E-state index contributed by atoms with van der Waals surface area (Å²) in [5, 5.41) is 2.47. The molecule has 1 N–H and O–H groups in total. The molecule has 0 fully saturated rings. The molecule has 0 aromatic rings. The van der Waals surface area contributed by atoms with E-state index in [2.05, 4.69) is 5.32 Å². The molecule has 1 amide bonds. The lowest BCUT2D eigenvalue weighted by molar-refractivity contribution is -0.145. The van der Waals surface area contributed by atoms with Crippen molar-refractivity contribution in [3.8, 4) is 0 Å². The molecule has 94 valence electrons. The standard InChI is InChI=1S/C11H21NO4/c1-6-8(9(13)15-7-2)12-10(14)16-11(3,4)5/h8H,6-7H2,1-5H3,(H,12,14)/t8-/m0/s1. The lowest BCUT2D eigenvalue weighted by atomic mass is 10.2. The lowest BCUT2D eigenvalue weighted by Crippen LogP contribution is -2.43. The lowest BCUT2D eigenvalue weighted by Gasteiger charge is -2.22. The highest BCUT2D eigenvalue weighted by atomic mass is 16.6. The van der Waals surface area contributed by atoms with E-state index in [1.807, 2.05) is 0 Å². The first kappa shape index (κ1) is 14.7. The van der Waals surface area contributed by atoms with E-state index >= 15 is 0 Å². The Morgan fingerprint density at radius 2 is 1.81 bits per heavy atom. The van der Waals surface area contributed by atoms with Gasteiger partial charge in [0.1, 0.15) is 11.6 Å². The van der Waals surface area contributed by atoms with Gasteiger partial charge in [0.15, 0.2) is 0 Å². The average Bonchev–Trinajstić information content (AvgIpc) is 2.11. The fourth-order valence-corrected chi connectivity index (χ4v) is 1.02. The number of rotatable bonds is 4. The van der Waals surface area contributed by atoms with Gasteiger partial charge in [-0.3, -0.25) is 0 Å². The molecule has 0 aromatic heterocycles. The summed E-state index contributed by atoms with van der Waals surface area (Å²) in [7, 11) is 0. The van der Waals surface area contributed by atoms with Gasteiger partial charge in [-0.25, -0.2) is 9.59 Å². The van der Waals surface area contributed by atoms with Crippen molar-refractivity contribution < 1.29 is 19.1 Å². The zero-order valence-corrected chi connectivity index (χ0v) is 10.6. The molecular formula is C11H21NO4. The summed E-state index contributed by atoms with van der Waals surface area (Å²) in [6.45, 7) is 9.09. The second-order valence-corrected chi connectivity index (χ2v) is 4.36. The average molecular weight is 231 g/mol. The van der Waals surface area contributed by atoms with Crippen molar-refractivity contribution in [2.24, 2.45) is 0 Å². The number of ether oxygens (including phenoxy) is 2. The molecule has 0 aliphatic carbocycles. The third kappa shape index (κ3) is 6.27. The third-order valence-electron chi connectivity index (χ3n) is 1.67. The monoisotopic (exact) mass is 231 g/mol. The molecular weight excluding hydrogens is 210 g/mol. The molecule has 16 heavy (non-hydrogen) atoms. The molecule has 0 rings (SSSR count). The van der Waals surface area contributed by atoms with E-state index in [1.165, 1.54) is 0 Å². The molecule has 0 aliphatic rings. The van der Waals surface area contributed by atoms with Crippen molar-refractivity contribution in [1.82, 2.24) is 5.32 Å². The van der Waals surface area contributed by atoms with Gasteiger partial charge < -0.3 is 14.8 Å². The van der Waals surface area contributed by atoms with Crippen LogP contribution in [0.15, 0.2) is 0 Å². The van der Waals surface area contributed by atoms with E-state index in [0.29, 0.717) is 13.0 Å². The summed E-state index contributed by atoms with van der Waals surface area (Å²) in [6.07, 6.45) is -0.134. The highest BCUT2D eigenvalue weighted by Crippen LogP contribution is 2.07. The largest absolute Gasteiger partial charge is 0.464 e. The maximum Gasteiger partial charge on any atom is 0.408 e. The highest BCUT2D eigenvalue weighted by Gasteiger charge is 2.23. The minimum atomic E-state index is -0.644. The summed E-state index contributed by atoms with van der Waals surface area (Å²) < 4.78 is 9.86. The van der Waals surface area contributed by atoms with Crippen LogP contribution in [0.5, 0.6) is 0 Å². The second-order valence-electron chi connectivity index (χ2n) is 4.36. The Balaban J connectivity index is 4.22. The van der Waals surface area contributed by atoms with Crippen molar-refractivity contribution >= 4 is 12.1 Å². The Hall–Kier alpha value is -1.26. The van der Waals surface area contributed by atoms with Gasteiger partial charge in [-0.05, 0) is 34.1 Å². The molecule has 0 saturated heterocycles. The van der Waals surface area contributed by atoms with E-state index in [1.54, 1.807) is 34.6 Å². The molecule has 0 spiro atoms. The number of nitrogens with one attached hydrogen (secondary N) is 1. The minimum Gasteiger partial charge on any atom is -0.464 e. The fraction of sp³-hybridized carbons (Fsp3) is 0.818. The summed E-state index contributed by atoms with van der Waals surface area (Å²) in [5.74, 6) is -0.434. The van der Waals surface area contributed by atoms with Crippen molar-refractivity contribution in [3.05, 3.63) is 0 Å². The molecule has 5 heteroatoms. The van der Waals surface area contributed by atoms with Crippen molar-refractivity contribution in [1.29, 1.82) is 0 Å². The van der Waals surface area contributed by atoms with Crippen molar-refractivity contribution in [3.63, 3.8) is 0 Å². The van der Waals surface area contributed by atoms with E-state index in [0.717, 1.165) is 0 Å². The summed E-state index contributed by atoms with van der Waals surface area (Å²) in [5.41, 5.74) is -0.572. The Morgan fingerprint density at radius 1 is 1.25 bits per heavy atom. The number of carbonyl (C=O) groups is 2. The molecule has 0 unspecified atom stereocenters. The summed E-state index contributed by atoms with van der Waals surface area (Å²) in [4.78, 5) is 22.8. The first-order chi connectivity index (χ1) is 7.30. The number of esters is 1. The van der Waals surface area contributed by atoms with Crippen LogP contribution in [-0.2, 0) is 14.3 Å². The number of carbonyl (C=O) groups excluding carboxylic acids is 2. The number of hydrogen-bond donors (Lipinski definition) is 1. The highest BCUT2D eigenvalue weighted by molar-refractivity contribution is 5.81. The Labute approximate surface area is 96.5 Å². The molecule has 1 atom stereocenters. The van der Waals surface area contributed by atoms with Gasteiger partial charge in [-0.15, -0.1) is 0 Å². The molecule has 0 aliphatic heterocycles. The zero-order valence-electron chi connectivity index (χ0n) is 10.6. The van der Waals surface area contributed by atoms with Crippen molar-refractivity contribution in [2.75, 3.05) is 6.61 Å². The van der Waals surface area contributed by atoms with Crippen LogP contribution in [0, 0.1) is 0 Å². The molecule has 0 radical (unpaired) electrons. The molecule has 0 heterocycles. The maximum atomic E-state index is 11.4. The topological polar surface area (TPSA) is 64.6 Å². The Morgan fingerprint density at radius 3 is 2.19 bits per heavy atom. The van der Waals surface area contributed by atoms with E-state index < -0.39 is 23.7 Å². The molecule has 5 nitrogen and oxygen atoms in total. The van der Waals surface area contributed by atoms with Crippen LogP contribution in [0.25, 0.3) is 0 Å². The van der Waals surface area contributed by atoms with Gasteiger partial charge in [-0.2, -0.15) is 0 Å². The van der Waals surface area contributed by atoms with Gasteiger partial charge in [-0.1, -0.05) is 6.92 Å². The normalized spacial score (nSPS) is 12.8. The predicted molar refractivity (Wildman–Crippen MR) is 60.1 cm³/mol.